The van der Waals surface area contributed by atoms with E-state index in [9.17, 15) is 34.5 Å². The number of phenols is 1. The number of ether oxygens (including phenoxy) is 4. The molecule has 1 aromatic carbocycles. The summed E-state index contributed by atoms with van der Waals surface area (Å²) in [7, 11) is 3.04. The van der Waals surface area contributed by atoms with Crippen LogP contribution in [0.15, 0.2) is 54.1 Å². The largest absolute Gasteiger partial charge is 0.508 e. The zero-order valence-electron chi connectivity index (χ0n) is 33.4. The molecule has 2 bridgehead atoms. The number of allylic oxidation sites excluding steroid dienone is 3. The van der Waals surface area contributed by atoms with E-state index in [1.54, 1.807) is 51.1 Å². The van der Waals surface area contributed by atoms with E-state index in [1.807, 2.05) is 19.9 Å². The van der Waals surface area contributed by atoms with Crippen LogP contribution in [0.2, 0.25) is 0 Å². The highest BCUT2D eigenvalue weighted by atomic mass is 16.7. The average molecular weight is 768 g/mol. The van der Waals surface area contributed by atoms with Crippen molar-refractivity contribution in [1.29, 1.82) is 0 Å². The van der Waals surface area contributed by atoms with Crippen LogP contribution in [-0.2, 0) is 38.1 Å². The first-order valence-corrected chi connectivity index (χ1v) is 19.5. The van der Waals surface area contributed by atoms with Gasteiger partial charge in [-0.3, -0.25) is 14.4 Å². The molecule has 12 nitrogen and oxygen atoms in total. The highest BCUT2D eigenvalue weighted by Crippen LogP contribution is 2.39. The maximum absolute atomic E-state index is 14.2. The lowest BCUT2D eigenvalue weighted by Crippen LogP contribution is -2.64. The third-order valence-electron chi connectivity index (χ3n) is 11.5. The second kappa shape index (κ2) is 19.5. The number of nitrogens with zero attached hydrogens (tertiary/aromatic N) is 1. The Labute approximate surface area is 325 Å². The second-order valence-corrected chi connectivity index (χ2v) is 15.9. The number of amides is 1. The number of Topliss-reactive ketones (excluding diaryl/α,β-unsaturated/α-hetero) is 2. The van der Waals surface area contributed by atoms with E-state index in [1.165, 1.54) is 20.3 Å². The molecule has 0 spiro atoms. The fourth-order valence-corrected chi connectivity index (χ4v) is 8.37. The number of cyclic esters (lactones) is 1. The molecule has 304 valence electrons. The zero-order chi connectivity index (χ0) is 40.6. The SMILES string of the molecule is C=CC[C@@H]1/C=C(\C)C[C@H](C)C[C@H](OC)[C@H]2O[C@@](O)(C(=O)C(=O)N3CCCC[C@H]3C(=O)O[C@H](/C(C)=C/c3cccc(O)c3)[C@H](C)[C@@H](O)CC1=O)[C@H](C)C[C@@H]2OC. The molecule has 3 heterocycles. The molecule has 0 radical (unpaired) electrons. The number of piperidine rings is 1. The number of carbonyl (C=O) groups excluding carboxylic acids is 4. The van der Waals surface area contributed by atoms with Gasteiger partial charge in [-0.05, 0) is 88.0 Å². The van der Waals surface area contributed by atoms with Crippen molar-refractivity contribution in [3.63, 3.8) is 0 Å². The molecule has 3 aliphatic rings. The number of aliphatic hydroxyl groups excluding tert-OH is 1. The third-order valence-corrected chi connectivity index (χ3v) is 11.5. The van der Waals surface area contributed by atoms with Gasteiger partial charge in [0.1, 0.15) is 29.8 Å². The molecule has 4 rings (SSSR count). The number of hydrogen-bond donors (Lipinski definition) is 3. The van der Waals surface area contributed by atoms with Gasteiger partial charge in [0.25, 0.3) is 11.7 Å². The Morgan fingerprint density at radius 1 is 1.05 bits per heavy atom. The van der Waals surface area contributed by atoms with Gasteiger partial charge in [-0.2, -0.15) is 0 Å². The fraction of sp³-hybridized carbons (Fsp3) is 0.628. The first-order valence-electron chi connectivity index (χ1n) is 19.5. The Kier molecular flexibility index (Phi) is 15.6. The first-order chi connectivity index (χ1) is 26.0. The van der Waals surface area contributed by atoms with Gasteiger partial charge in [0.15, 0.2) is 0 Å². The van der Waals surface area contributed by atoms with Crippen molar-refractivity contribution in [1.82, 2.24) is 4.90 Å². The van der Waals surface area contributed by atoms with Crippen molar-refractivity contribution in [3.05, 3.63) is 59.7 Å². The predicted octanol–water partition coefficient (Wildman–Crippen LogP) is 5.33. The summed E-state index contributed by atoms with van der Waals surface area (Å²) in [6, 6.07) is 5.34. The van der Waals surface area contributed by atoms with Crippen molar-refractivity contribution in [2.24, 2.45) is 23.7 Å². The molecule has 12 heteroatoms. The summed E-state index contributed by atoms with van der Waals surface area (Å²) in [5.41, 5.74) is 2.09. The molecule has 11 atom stereocenters. The summed E-state index contributed by atoms with van der Waals surface area (Å²) < 4.78 is 24.1. The van der Waals surface area contributed by atoms with Gasteiger partial charge in [-0.25, -0.2) is 4.79 Å². The number of fused-ring (bicyclic) bond motifs is 3. The number of aromatic hydroxyl groups is 1. The lowest BCUT2D eigenvalue weighted by Gasteiger charge is -2.47. The number of rotatable bonds is 6. The number of carbonyl (C=O) groups is 4. The van der Waals surface area contributed by atoms with Crippen molar-refractivity contribution in [2.45, 2.75) is 128 Å². The molecule has 3 aliphatic heterocycles. The van der Waals surface area contributed by atoms with E-state index in [2.05, 4.69) is 6.58 Å². The molecule has 3 N–H and O–H groups in total. The van der Waals surface area contributed by atoms with E-state index in [4.69, 9.17) is 18.9 Å². The van der Waals surface area contributed by atoms with Crippen molar-refractivity contribution < 1.29 is 53.4 Å². The Morgan fingerprint density at radius 3 is 2.40 bits per heavy atom. The maximum Gasteiger partial charge on any atom is 0.329 e. The molecule has 2 saturated heterocycles. The molecule has 0 aromatic heterocycles. The van der Waals surface area contributed by atoms with Gasteiger partial charge in [0.05, 0.1) is 18.3 Å². The van der Waals surface area contributed by atoms with Crippen LogP contribution in [0.4, 0.5) is 0 Å². The topological polar surface area (TPSA) is 169 Å². The quantitative estimate of drug-likeness (QED) is 0.195. The minimum Gasteiger partial charge on any atom is -0.508 e. The molecule has 0 unspecified atom stereocenters. The summed E-state index contributed by atoms with van der Waals surface area (Å²) in [5.74, 6) is -7.86. The van der Waals surface area contributed by atoms with Crippen molar-refractivity contribution in [3.8, 4) is 5.75 Å². The van der Waals surface area contributed by atoms with Crippen molar-refractivity contribution in [2.75, 3.05) is 20.8 Å². The first kappa shape index (κ1) is 44.0. The Balaban J connectivity index is 1.80. The summed E-state index contributed by atoms with van der Waals surface area (Å²) in [6.07, 6.45) is 3.64. The number of hydrogen-bond acceptors (Lipinski definition) is 11. The Bertz CT molecular complexity index is 1600. The number of esters is 1. The Hall–Kier alpha value is -3.68. The fourth-order valence-electron chi connectivity index (χ4n) is 8.37. The van der Waals surface area contributed by atoms with E-state index in [0.717, 1.165) is 10.5 Å². The predicted molar refractivity (Wildman–Crippen MR) is 206 cm³/mol. The summed E-state index contributed by atoms with van der Waals surface area (Å²) >= 11 is 0. The van der Waals surface area contributed by atoms with Crippen LogP contribution < -0.4 is 0 Å². The maximum atomic E-state index is 14.2. The summed E-state index contributed by atoms with van der Waals surface area (Å²) in [5, 5.41) is 33.7. The van der Waals surface area contributed by atoms with Gasteiger partial charge in [-0.15, -0.1) is 6.58 Å². The van der Waals surface area contributed by atoms with Crippen LogP contribution in [-0.4, -0.2) is 107 Å². The van der Waals surface area contributed by atoms with Crippen LogP contribution in [0.1, 0.15) is 91.5 Å². The lowest BCUT2D eigenvalue weighted by atomic mass is 9.82. The average Bonchev–Trinajstić information content (AvgIpc) is 3.15. The second-order valence-electron chi connectivity index (χ2n) is 15.9. The number of methoxy groups -OCH3 is 2. The van der Waals surface area contributed by atoms with Crippen LogP contribution in [0.5, 0.6) is 5.75 Å². The van der Waals surface area contributed by atoms with Gasteiger partial charge in [-0.1, -0.05) is 56.7 Å². The van der Waals surface area contributed by atoms with Gasteiger partial charge in [0, 0.05) is 44.9 Å². The molecule has 55 heavy (non-hydrogen) atoms. The smallest absolute Gasteiger partial charge is 0.329 e. The van der Waals surface area contributed by atoms with E-state index in [0.29, 0.717) is 43.2 Å². The van der Waals surface area contributed by atoms with Gasteiger partial charge >= 0.3 is 5.97 Å². The molecular formula is C43H61NO11. The summed E-state index contributed by atoms with van der Waals surface area (Å²) in [6.45, 7) is 12.9. The standard InChI is InChI=1S/C43H61NO11/c1-9-13-31-19-25(2)18-26(3)20-36(52-7)39-37(53-8)22-28(5)43(51,55-39)40(48)41(49)44-17-11-10-16-33(44)42(50)54-38(29(6)34(46)24-35(31)47)27(4)21-30-14-12-15-32(45)23-30/h9,12,14-15,19,21,23,26,28-29,31,33-34,36-39,45-46,51H,1,10-11,13,16-18,20,22,24H2,2-8H3/b25-19+,27-21+/t26-,28+,29+,31+,33-,34-,36-,37-,38+,39+,43+/m0/s1. The van der Waals surface area contributed by atoms with Crippen LogP contribution in [0, 0.1) is 23.7 Å². The lowest BCUT2D eigenvalue weighted by molar-refractivity contribution is -0.302. The zero-order valence-corrected chi connectivity index (χ0v) is 33.4. The normalized spacial score (nSPS) is 36.2. The van der Waals surface area contributed by atoms with Crippen LogP contribution in [0.3, 0.4) is 0 Å². The minimum absolute atomic E-state index is 0.00519. The highest BCUT2D eigenvalue weighted by Gasteiger charge is 2.56. The highest BCUT2D eigenvalue weighted by molar-refractivity contribution is 6.39. The monoisotopic (exact) mass is 767 g/mol. The van der Waals surface area contributed by atoms with Gasteiger partial charge in [0.2, 0.25) is 5.79 Å². The van der Waals surface area contributed by atoms with Crippen molar-refractivity contribution >= 4 is 29.5 Å². The van der Waals surface area contributed by atoms with Crippen LogP contribution in [0.25, 0.3) is 6.08 Å². The number of benzene rings is 1. The minimum atomic E-state index is -2.52. The van der Waals surface area contributed by atoms with Crippen LogP contribution >= 0.6 is 0 Å². The summed E-state index contributed by atoms with van der Waals surface area (Å²) in [4.78, 5) is 57.5. The van der Waals surface area contributed by atoms with Gasteiger partial charge < -0.3 is 39.2 Å². The molecule has 0 saturated carbocycles. The molecule has 1 amide bonds. The van der Waals surface area contributed by atoms with E-state index >= 15 is 0 Å². The van der Waals surface area contributed by atoms with E-state index < -0.39 is 77.8 Å². The number of phenolic OH excluding ortho intramolecular Hbond substituents is 1. The number of ketones is 2. The third kappa shape index (κ3) is 10.6. The Morgan fingerprint density at radius 2 is 1.75 bits per heavy atom. The molecular weight excluding hydrogens is 706 g/mol. The molecule has 0 aliphatic carbocycles. The molecule has 1 aromatic rings. The molecule has 2 fully saturated rings. The number of aliphatic hydroxyl groups is 2. The van der Waals surface area contributed by atoms with E-state index in [-0.39, 0.29) is 43.3 Å².